The largest absolute Gasteiger partial charge is 0.342 e. The molecule has 0 aromatic heterocycles. The second kappa shape index (κ2) is 5.67. The van der Waals surface area contributed by atoms with Crippen LogP contribution in [0, 0.1) is 11.8 Å². The van der Waals surface area contributed by atoms with E-state index in [1.54, 1.807) is 0 Å². The predicted octanol–water partition coefficient (Wildman–Crippen LogP) is 1.63. The van der Waals surface area contributed by atoms with Gasteiger partial charge in [-0.15, -0.1) is 0 Å². The van der Waals surface area contributed by atoms with E-state index in [1.807, 2.05) is 0 Å². The van der Waals surface area contributed by atoms with Gasteiger partial charge in [-0.25, -0.2) is 0 Å². The standard InChI is InChI=1S/C13H24N2O/c1-11-6-7-14-9-12(11)10-15-8-4-2-3-5-13(15)16/h11-12,14H,2-10H2,1H3. The Labute approximate surface area is 98.6 Å². The van der Waals surface area contributed by atoms with Gasteiger partial charge >= 0.3 is 0 Å². The molecule has 3 nitrogen and oxygen atoms in total. The van der Waals surface area contributed by atoms with E-state index in [0.717, 1.165) is 44.9 Å². The van der Waals surface area contributed by atoms with Crippen LogP contribution in [0.4, 0.5) is 0 Å². The van der Waals surface area contributed by atoms with Crippen molar-refractivity contribution >= 4 is 5.91 Å². The normalized spacial score (nSPS) is 32.6. The first kappa shape index (κ1) is 11.9. The number of amides is 1. The van der Waals surface area contributed by atoms with Crippen molar-refractivity contribution in [2.45, 2.75) is 39.0 Å². The van der Waals surface area contributed by atoms with Gasteiger partial charge in [0.15, 0.2) is 0 Å². The quantitative estimate of drug-likeness (QED) is 0.773. The number of likely N-dealkylation sites (tertiary alicyclic amines) is 1. The minimum atomic E-state index is 0.385. The Morgan fingerprint density at radius 1 is 1.38 bits per heavy atom. The first-order chi connectivity index (χ1) is 7.77. The van der Waals surface area contributed by atoms with Crippen LogP contribution in [-0.4, -0.2) is 37.0 Å². The number of hydrogen-bond donors (Lipinski definition) is 1. The lowest BCUT2D eigenvalue weighted by Crippen LogP contribution is -2.44. The number of carbonyl (C=O) groups is 1. The molecule has 0 radical (unpaired) electrons. The van der Waals surface area contributed by atoms with E-state index >= 15 is 0 Å². The highest BCUT2D eigenvalue weighted by Crippen LogP contribution is 2.21. The fourth-order valence-corrected chi connectivity index (χ4v) is 2.81. The van der Waals surface area contributed by atoms with Crippen LogP contribution in [0.2, 0.25) is 0 Å². The van der Waals surface area contributed by atoms with Crippen molar-refractivity contribution in [2.75, 3.05) is 26.2 Å². The molecule has 0 saturated carbocycles. The Morgan fingerprint density at radius 3 is 3.06 bits per heavy atom. The van der Waals surface area contributed by atoms with Crippen LogP contribution in [0.3, 0.4) is 0 Å². The van der Waals surface area contributed by atoms with Gasteiger partial charge in [0.25, 0.3) is 0 Å². The molecule has 2 fully saturated rings. The molecule has 0 bridgehead atoms. The molecule has 3 heteroatoms. The third-order valence-electron chi connectivity index (χ3n) is 4.11. The average molecular weight is 224 g/mol. The topological polar surface area (TPSA) is 32.3 Å². The SMILES string of the molecule is CC1CCNCC1CN1CCCCCC1=O. The molecule has 92 valence electrons. The molecule has 16 heavy (non-hydrogen) atoms. The smallest absolute Gasteiger partial charge is 0.222 e. The lowest BCUT2D eigenvalue weighted by Gasteiger charge is -2.34. The van der Waals surface area contributed by atoms with Crippen molar-refractivity contribution in [3.05, 3.63) is 0 Å². The number of piperidine rings is 1. The molecule has 0 aromatic carbocycles. The average Bonchev–Trinajstić information content (AvgIpc) is 2.48. The fraction of sp³-hybridized carbons (Fsp3) is 0.923. The van der Waals surface area contributed by atoms with E-state index < -0.39 is 0 Å². The lowest BCUT2D eigenvalue weighted by molar-refractivity contribution is -0.131. The van der Waals surface area contributed by atoms with E-state index in [0.29, 0.717) is 11.8 Å². The van der Waals surface area contributed by atoms with Crippen molar-refractivity contribution in [3.8, 4) is 0 Å². The van der Waals surface area contributed by atoms with Crippen LogP contribution in [0.25, 0.3) is 0 Å². The Morgan fingerprint density at radius 2 is 2.25 bits per heavy atom. The van der Waals surface area contributed by atoms with Crippen molar-refractivity contribution < 1.29 is 4.79 Å². The lowest BCUT2D eigenvalue weighted by atomic mass is 9.87. The summed E-state index contributed by atoms with van der Waals surface area (Å²) in [5.41, 5.74) is 0. The molecule has 0 spiro atoms. The van der Waals surface area contributed by atoms with Gasteiger partial charge in [-0.1, -0.05) is 13.3 Å². The summed E-state index contributed by atoms with van der Waals surface area (Å²) < 4.78 is 0. The van der Waals surface area contributed by atoms with E-state index in [2.05, 4.69) is 17.1 Å². The molecular formula is C13H24N2O. The number of hydrogen-bond acceptors (Lipinski definition) is 2. The van der Waals surface area contributed by atoms with Gasteiger partial charge in [-0.3, -0.25) is 4.79 Å². The maximum absolute atomic E-state index is 11.9. The van der Waals surface area contributed by atoms with Gasteiger partial charge < -0.3 is 10.2 Å². The first-order valence-corrected chi connectivity index (χ1v) is 6.76. The highest BCUT2D eigenvalue weighted by molar-refractivity contribution is 5.76. The summed E-state index contributed by atoms with van der Waals surface area (Å²) in [4.78, 5) is 14.0. The predicted molar refractivity (Wildman–Crippen MR) is 65.2 cm³/mol. The van der Waals surface area contributed by atoms with Crippen molar-refractivity contribution in [3.63, 3.8) is 0 Å². The van der Waals surface area contributed by atoms with E-state index in [9.17, 15) is 4.79 Å². The van der Waals surface area contributed by atoms with Gasteiger partial charge in [0.2, 0.25) is 5.91 Å². The summed E-state index contributed by atoms with van der Waals surface area (Å²) in [7, 11) is 0. The van der Waals surface area contributed by atoms with Gasteiger partial charge in [0.1, 0.15) is 0 Å². The van der Waals surface area contributed by atoms with Gasteiger partial charge in [-0.05, 0) is 44.2 Å². The summed E-state index contributed by atoms with van der Waals surface area (Å²) in [6.07, 6.45) is 5.54. The highest BCUT2D eigenvalue weighted by Gasteiger charge is 2.26. The zero-order valence-electron chi connectivity index (χ0n) is 10.4. The summed E-state index contributed by atoms with van der Waals surface area (Å²) in [5, 5.41) is 3.45. The Balaban J connectivity index is 1.88. The summed E-state index contributed by atoms with van der Waals surface area (Å²) in [6, 6.07) is 0. The first-order valence-electron chi connectivity index (χ1n) is 6.76. The van der Waals surface area contributed by atoms with Crippen LogP contribution in [0.5, 0.6) is 0 Å². The molecule has 2 heterocycles. The summed E-state index contributed by atoms with van der Waals surface area (Å²) in [6.45, 7) is 6.53. The number of carbonyl (C=O) groups excluding carboxylic acids is 1. The molecule has 2 atom stereocenters. The number of nitrogens with zero attached hydrogens (tertiary/aromatic N) is 1. The van der Waals surface area contributed by atoms with Crippen molar-refractivity contribution in [2.24, 2.45) is 11.8 Å². The molecular weight excluding hydrogens is 200 g/mol. The summed E-state index contributed by atoms with van der Waals surface area (Å²) >= 11 is 0. The van der Waals surface area contributed by atoms with Crippen LogP contribution in [-0.2, 0) is 4.79 Å². The molecule has 1 amide bonds. The van der Waals surface area contributed by atoms with E-state index in [-0.39, 0.29) is 0 Å². The zero-order valence-corrected chi connectivity index (χ0v) is 10.4. The minimum absolute atomic E-state index is 0.385. The van der Waals surface area contributed by atoms with Gasteiger partial charge in [-0.2, -0.15) is 0 Å². The molecule has 0 aromatic rings. The molecule has 0 aliphatic carbocycles. The van der Waals surface area contributed by atoms with Crippen LogP contribution in [0.1, 0.15) is 39.0 Å². The van der Waals surface area contributed by atoms with Crippen molar-refractivity contribution in [1.29, 1.82) is 0 Å². The number of rotatable bonds is 2. The maximum Gasteiger partial charge on any atom is 0.222 e. The second-order valence-electron chi connectivity index (χ2n) is 5.38. The van der Waals surface area contributed by atoms with Gasteiger partial charge in [0, 0.05) is 19.5 Å². The molecule has 2 aliphatic heterocycles. The Bertz CT molecular complexity index is 242. The van der Waals surface area contributed by atoms with Crippen LogP contribution in [0.15, 0.2) is 0 Å². The van der Waals surface area contributed by atoms with E-state index in [1.165, 1.54) is 19.3 Å². The molecule has 2 saturated heterocycles. The minimum Gasteiger partial charge on any atom is -0.342 e. The van der Waals surface area contributed by atoms with Gasteiger partial charge in [0.05, 0.1) is 0 Å². The van der Waals surface area contributed by atoms with Crippen LogP contribution < -0.4 is 5.32 Å². The summed E-state index contributed by atoms with van der Waals surface area (Å²) in [5.74, 6) is 1.81. The number of nitrogens with one attached hydrogen (secondary N) is 1. The van der Waals surface area contributed by atoms with E-state index in [4.69, 9.17) is 0 Å². The second-order valence-corrected chi connectivity index (χ2v) is 5.38. The fourth-order valence-electron chi connectivity index (χ4n) is 2.81. The van der Waals surface area contributed by atoms with Crippen LogP contribution >= 0.6 is 0 Å². The molecule has 1 N–H and O–H groups in total. The monoisotopic (exact) mass is 224 g/mol. The van der Waals surface area contributed by atoms with Crippen molar-refractivity contribution in [1.82, 2.24) is 10.2 Å². The molecule has 2 unspecified atom stereocenters. The third-order valence-corrected chi connectivity index (χ3v) is 4.11. The highest BCUT2D eigenvalue weighted by atomic mass is 16.2. The molecule has 2 aliphatic rings. The Kier molecular flexibility index (Phi) is 4.22. The maximum atomic E-state index is 11.9. The Hall–Kier alpha value is -0.570. The molecule has 2 rings (SSSR count). The zero-order chi connectivity index (χ0) is 11.4. The third kappa shape index (κ3) is 2.97.